The first-order valence-corrected chi connectivity index (χ1v) is 13.4. The molecule has 0 aliphatic heterocycles. The van der Waals surface area contributed by atoms with Gasteiger partial charge in [-0.25, -0.2) is 28.1 Å². The molecule has 0 bridgehead atoms. The lowest BCUT2D eigenvalue weighted by atomic mass is 10.0. The van der Waals surface area contributed by atoms with Crippen molar-refractivity contribution in [2.24, 2.45) is 0 Å². The Bertz CT molecular complexity index is 1740. The second-order valence-electron chi connectivity index (χ2n) is 8.72. The average molecular weight is 528 g/mol. The van der Waals surface area contributed by atoms with E-state index in [4.69, 9.17) is 4.98 Å². The summed E-state index contributed by atoms with van der Waals surface area (Å²) in [6.07, 6.45) is 3.60. The molecule has 10 nitrogen and oxygen atoms in total. The molecular weight excluding hydrogens is 502 g/mol. The molecule has 2 N–H and O–H groups in total. The maximum Gasteiger partial charge on any atom is 0.264 e. The number of aromatic nitrogens is 5. The Morgan fingerprint density at radius 2 is 1.66 bits per heavy atom. The van der Waals surface area contributed by atoms with E-state index in [-0.39, 0.29) is 16.8 Å². The van der Waals surface area contributed by atoms with E-state index in [0.29, 0.717) is 39.2 Å². The highest BCUT2D eigenvalue weighted by atomic mass is 32.2. The number of fused-ring (bicyclic) bond motifs is 1. The molecule has 5 aromatic rings. The number of carbonyl (C=O) groups is 1. The minimum absolute atomic E-state index is 0.00438. The van der Waals surface area contributed by atoms with Crippen LogP contribution in [0.15, 0.2) is 78.0 Å². The highest BCUT2D eigenvalue weighted by Crippen LogP contribution is 2.26. The van der Waals surface area contributed by atoms with E-state index >= 15 is 0 Å². The summed E-state index contributed by atoms with van der Waals surface area (Å²) in [5, 5.41) is 7.87. The van der Waals surface area contributed by atoms with Crippen LogP contribution in [-0.4, -0.2) is 39.1 Å². The molecule has 0 saturated carbocycles. The molecule has 3 aromatic heterocycles. The smallest absolute Gasteiger partial charge is 0.264 e. The van der Waals surface area contributed by atoms with Crippen molar-refractivity contribution in [3.63, 3.8) is 0 Å². The summed E-state index contributed by atoms with van der Waals surface area (Å²) in [5.41, 5.74) is 4.31. The highest BCUT2D eigenvalue weighted by Gasteiger charge is 2.18. The van der Waals surface area contributed by atoms with E-state index in [1.54, 1.807) is 36.9 Å². The summed E-state index contributed by atoms with van der Waals surface area (Å²) in [4.78, 5) is 26.3. The molecule has 1 amide bonds. The number of hydrogen-bond acceptors (Lipinski definition) is 7. The van der Waals surface area contributed by atoms with Crippen LogP contribution in [0.4, 0.5) is 11.6 Å². The molecular formula is C27H25N7O3S. The third-order valence-electron chi connectivity index (χ3n) is 5.84. The first-order chi connectivity index (χ1) is 18.2. The van der Waals surface area contributed by atoms with Gasteiger partial charge in [0.15, 0.2) is 0 Å². The topological polar surface area (TPSA) is 132 Å². The number of anilines is 2. The van der Waals surface area contributed by atoms with Crippen molar-refractivity contribution in [1.82, 2.24) is 24.7 Å². The largest absolute Gasteiger partial charge is 0.322 e. The van der Waals surface area contributed by atoms with Gasteiger partial charge in [0.1, 0.15) is 0 Å². The predicted octanol–water partition coefficient (Wildman–Crippen LogP) is 4.58. The van der Waals surface area contributed by atoms with Gasteiger partial charge in [0.2, 0.25) is 5.95 Å². The Balaban J connectivity index is 1.40. The van der Waals surface area contributed by atoms with Crippen molar-refractivity contribution >= 4 is 38.5 Å². The Hall–Kier alpha value is -4.64. The van der Waals surface area contributed by atoms with Gasteiger partial charge in [-0.2, -0.15) is 5.10 Å². The zero-order valence-corrected chi connectivity index (χ0v) is 21.8. The molecule has 0 aliphatic carbocycles. The second kappa shape index (κ2) is 10.0. The summed E-state index contributed by atoms with van der Waals surface area (Å²) in [6, 6.07) is 16.8. The summed E-state index contributed by atoms with van der Waals surface area (Å²) in [5.74, 6) is -0.338. The van der Waals surface area contributed by atoms with E-state index in [2.05, 4.69) is 25.1 Å². The van der Waals surface area contributed by atoms with E-state index in [9.17, 15) is 13.2 Å². The number of amides is 1. The first kappa shape index (κ1) is 25.0. The van der Waals surface area contributed by atoms with Gasteiger partial charge in [0.25, 0.3) is 15.9 Å². The number of aryl methyl sites for hydroxylation is 3. The predicted molar refractivity (Wildman–Crippen MR) is 145 cm³/mol. The van der Waals surface area contributed by atoms with Gasteiger partial charge < -0.3 is 5.32 Å². The minimum atomic E-state index is -3.91. The molecule has 0 saturated heterocycles. The molecule has 0 atom stereocenters. The highest BCUT2D eigenvalue weighted by molar-refractivity contribution is 7.92. The molecule has 38 heavy (non-hydrogen) atoms. The standard InChI is InChI=1S/C27H25N7O3S/c1-4-34-16-19(15-28-34)25-14-23(22-7-5-6-8-24(22)32-25)26(35)31-20-9-11-21(12-10-20)38(36,37)33-27-29-17(2)13-18(3)30-27/h5-16H,4H2,1-3H3,(H,31,35)(H,29,30,33). The van der Waals surface area contributed by atoms with Gasteiger partial charge in [0.05, 0.1) is 27.9 Å². The van der Waals surface area contributed by atoms with Crippen LogP contribution in [0.3, 0.4) is 0 Å². The van der Waals surface area contributed by atoms with Crippen LogP contribution < -0.4 is 10.0 Å². The number of sulfonamides is 1. The summed E-state index contributed by atoms with van der Waals surface area (Å²) in [7, 11) is -3.91. The van der Waals surface area contributed by atoms with Crippen LogP contribution in [0.25, 0.3) is 22.2 Å². The fourth-order valence-electron chi connectivity index (χ4n) is 4.05. The van der Waals surface area contributed by atoms with Crippen molar-refractivity contribution in [1.29, 1.82) is 0 Å². The lowest BCUT2D eigenvalue weighted by Gasteiger charge is -2.11. The molecule has 192 valence electrons. The molecule has 11 heteroatoms. The van der Waals surface area contributed by atoms with Gasteiger partial charge >= 0.3 is 0 Å². The molecule has 0 radical (unpaired) electrons. The van der Waals surface area contributed by atoms with Crippen molar-refractivity contribution in [3.8, 4) is 11.3 Å². The monoisotopic (exact) mass is 527 g/mol. The number of rotatable bonds is 7. The number of para-hydroxylation sites is 1. The van der Waals surface area contributed by atoms with Gasteiger partial charge in [-0.05, 0) is 63.2 Å². The molecule has 0 unspecified atom stereocenters. The zero-order valence-electron chi connectivity index (χ0n) is 21.0. The zero-order chi connectivity index (χ0) is 26.9. The quantitative estimate of drug-likeness (QED) is 0.317. The lowest BCUT2D eigenvalue weighted by Crippen LogP contribution is -2.16. The fourth-order valence-corrected chi connectivity index (χ4v) is 4.99. The first-order valence-electron chi connectivity index (χ1n) is 11.9. The Morgan fingerprint density at radius 1 is 0.947 bits per heavy atom. The molecule has 0 aliphatic rings. The van der Waals surface area contributed by atoms with Crippen LogP contribution in [-0.2, 0) is 16.6 Å². The average Bonchev–Trinajstić information content (AvgIpc) is 3.37. The van der Waals surface area contributed by atoms with Crippen molar-refractivity contribution in [2.45, 2.75) is 32.2 Å². The van der Waals surface area contributed by atoms with Crippen LogP contribution in [0.5, 0.6) is 0 Å². The number of nitrogens with zero attached hydrogens (tertiary/aromatic N) is 5. The van der Waals surface area contributed by atoms with Gasteiger partial charge in [-0.15, -0.1) is 0 Å². The SMILES string of the molecule is CCn1cc(-c2cc(C(=O)Nc3ccc(S(=O)(=O)Nc4nc(C)cc(C)n4)cc3)c3ccccc3n2)cn1. The van der Waals surface area contributed by atoms with Gasteiger partial charge in [-0.1, -0.05) is 18.2 Å². The maximum absolute atomic E-state index is 13.4. The molecule has 3 heterocycles. The van der Waals surface area contributed by atoms with Gasteiger partial charge in [0, 0.05) is 40.8 Å². The van der Waals surface area contributed by atoms with E-state index in [0.717, 1.165) is 12.1 Å². The van der Waals surface area contributed by atoms with Crippen molar-refractivity contribution in [2.75, 3.05) is 10.0 Å². The Labute approximate surface area is 219 Å². The van der Waals surface area contributed by atoms with Crippen LogP contribution in [0, 0.1) is 13.8 Å². The number of nitrogens with one attached hydrogen (secondary N) is 2. The van der Waals surface area contributed by atoms with Crippen molar-refractivity contribution < 1.29 is 13.2 Å². The lowest BCUT2D eigenvalue weighted by molar-refractivity contribution is 0.102. The molecule has 0 spiro atoms. The summed E-state index contributed by atoms with van der Waals surface area (Å²) >= 11 is 0. The van der Waals surface area contributed by atoms with Crippen LogP contribution in [0.2, 0.25) is 0 Å². The molecule has 0 fully saturated rings. The summed E-state index contributed by atoms with van der Waals surface area (Å²) < 4.78 is 29.9. The second-order valence-corrected chi connectivity index (χ2v) is 10.4. The van der Waals surface area contributed by atoms with Crippen molar-refractivity contribution in [3.05, 3.63) is 90.0 Å². The van der Waals surface area contributed by atoms with Gasteiger partial charge in [-0.3, -0.25) is 9.48 Å². The third-order valence-corrected chi connectivity index (χ3v) is 7.19. The fraction of sp³-hybridized carbons (Fsp3) is 0.148. The summed E-state index contributed by atoms with van der Waals surface area (Å²) in [6.45, 7) is 6.24. The van der Waals surface area contributed by atoms with Crippen LogP contribution in [0.1, 0.15) is 28.7 Å². The number of carbonyl (C=O) groups excluding carboxylic acids is 1. The minimum Gasteiger partial charge on any atom is -0.322 e. The number of pyridine rings is 1. The Morgan fingerprint density at radius 3 is 2.34 bits per heavy atom. The third kappa shape index (κ3) is 5.23. The number of hydrogen-bond donors (Lipinski definition) is 2. The van der Waals surface area contributed by atoms with E-state index < -0.39 is 10.0 Å². The maximum atomic E-state index is 13.4. The Kier molecular flexibility index (Phi) is 6.60. The molecule has 2 aromatic carbocycles. The normalized spacial score (nSPS) is 11.4. The molecule has 5 rings (SSSR count). The van der Waals surface area contributed by atoms with E-state index in [1.165, 1.54) is 24.3 Å². The van der Waals surface area contributed by atoms with Crippen LogP contribution >= 0.6 is 0 Å². The van der Waals surface area contributed by atoms with E-state index in [1.807, 2.05) is 37.4 Å². The number of benzene rings is 2.